The second kappa shape index (κ2) is 4.94. The maximum atomic E-state index is 12.1. The maximum Gasteiger partial charge on any atom is 0.261 e. The van der Waals surface area contributed by atoms with Gasteiger partial charge in [-0.05, 0) is 53.1 Å². The summed E-state index contributed by atoms with van der Waals surface area (Å²) in [7, 11) is 0. The molecule has 1 aromatic heterocycles. The van der Waals surface area contributed by atoms with E-state index in [9.17, 15) is 4.79 Å². The summed E-state index contributed by atoms with van der Waals surface area (Å²) in [5.41, 5.74) is 0.322. The predicted molar refractivity (Wildman–Crippen MR) is 75.0 cm³/mol. The highest BCUT2D eigenvalue weighted by molar-refractivity contribution is 9.10. The molecule has 1 aromatic rings. The molecule has 1 atom stereocenters. The first-order chi connectivity index (χ1) is 8.70. The molecule has 0 radical (unpaired) electrons. The molecule has 3 rings (SSSR count). The van der Waals surface area contributed by atoms with Crippen molar-refractivity contribution in [1.29, 1.82) is 0 Å². The molecule has 1 spiro atoms. The summed E-state index contributed by atoms with van der Waals surface area (Å²) in [5.74, 6) is 0.0706. The van der Waals surface area contributed by atoms with Gasteiger partial charge >= 0.3 is 0 Å². The van der Waals surface area contributed by atoms with Crippen LogP contribution in [-0.4, -0.2) is 25.2 Å². The molecule has 98 valence electrons. The van der Waals surface area contributed by atoms with Crippen LogP contribution in [-0.2, 0) is 4.74 Å². The third-order valence-corrected chi connectivity index (χ3v) is 5.95. The Hall–Kier alpha value is -0.390. The molecule has 1 N–H and O–H groups in total. The number of nitrogens with one attached hydrogen (secondary N) is 1. The van der Waals surface area contributed by atoms with Crippen LogP contribution in [0.15, 0.2) is 15.9 Å². The lowest BCUT2D eigenvalue weighted by atomic mass is 9.60. The van der Waals surface area contributed by atoms with E-state index in [1.165, 1.54) is 17.8 Å². The van der Waals surface area contributed by atoms with Crippen molar-refractivity contribution in [2.24, 2.45) is 5.41 Å². The fourth-order valence-corrected chi connectivity index (χ4v) is 4.29. The van der Waals surface area contributed by atoms with Crippen molar-refractivity contribution in [1.82, 2.24) is 5.32 Å². The van der Waals surface area contributed by atoms with Crippen molar-refractivity contribution in [2.45, 2.75) is 31.7 Å². The molecule has 18 heavy (non-hydrogen) atoms. The van der Waals surface area contributed by atoms with Crippen molar-refractivity contribution in [2.75, 3.05) is 13.2 Å². The van der Waals surface area contributed by atoms with Crippen molar-refractivity contribution in [3.63, 3.8) is 0 Å². The summed E-state index contributed by atoms with van der Waals surface area (Å²) in [6.07, 6.45) is 4.52. The Kier molecular flexibility index (Phi) is 3.47. The largest absolute Gasteiger partial charge is 0.381 e. The van der Waals surface area contributed by atoms with Crippen molar-refractivity contribution < 1.29 is 9.53 Å². The fraction of sp³-hybridized carbons (Fsp3) is 0.615. The summed E-state index contributed by atoms with van der Waals surface area (Å²) in [6.45, 7) is 1.69. The first-order valence-electron chi connectivity index (χ1n) is 6.32. The number of rotatable bonds is 2. The summed E-state index contributed by atoms with van der Waals surface area (Å²) in [4.78, 5) is 12.9. The Morgan fingerprint density at radius 1 is 1.44 bits per heavy atom. The Morgan fingerprint density at radius 2 is 2.22 bits per heavy atom. The molecule has 1 saturated carbocycles. The summed E-state index contributed by atoms with van der Waals surface area (Å²) in [5, 5.41) is 5.15. The zero-order chi connectivity index (χ0) is 12.6. The molecule has 2 fully saturated rings. The lowest BCUT2D eigenvalue weighted by Crippen LogP contribution is -2.57. The maximum absolute atomic E-state index is 12.1. The first kappa shape index (κ1) is 12.6. The third kappa shape index (κ3) is 2.24. The smallest absolute Gasteiger partial charge is 0.261 e. The van der Waals surface area contributed by atoms with Gasteiger partial charge < -0.3 is 10.1 Å². The molecular formula is C13H16BrNO2S. The van der Waals surface area contributed by atoms with E-state index >= 15 is 0 Å². The van der Waals surface area contributed by atoms with E-state index in [2.05, 4.69) is 21.2 Å². The van der Waals surface area contributed by atoms with Crippen LogP contribution in [0.1, 0.15) is 35.4 Å². The van der Waals surface area contributed by atoms with Crippen LogP contribution in [0.4, 0.5) is 0 Å². The van der Waals surface area contributed by atoms with Crippen LogP contribution < -0.4 is 5.32 Å². The Morgan fingerprint density at radius 3 is 2.78 bits per heavy atom. The van der Waals surface area contributed by atoms with E-state index in [1.54, 1.807) is 0 Å². The number of hydrogen-bond donors (Lipinski definition) is 1. The molecule has 3 nitrogen and oxygen atoms in total. The molecule has 0 aromatic carbocycles. The number of thiophene rings is 1. The Bertz CT molecular complexity index is 454. The van der Waals surface area contributed by atoms with E-state index in [-0.39, 0.29) is 5.91 Å². The topological polar surface area (TPSA) is 38.3 Å². The average molecular weight is 330 g/mol. The zero-order valence-corrected chi connectivity index (χ0v) is 12.5. The summed E-state index contributed by atoms with van der Waals surface area (Å²) in [6, 6.07) is 2.23. The van der Waals surface area contributed by atoms with E-state index in [4.69, 9.17) is 4.74 Å². The number of hydrogen-bond acceptors (Lipinski definition) is 3. The fourth-order valence-electron chi connectivity index (χ4n) is 2.96. The van der Waals surface area contributed by atoms with Gasteiger partial charge in [0.25, 0.3) is 5.91 Å². The number of halogens is 1. The molecule has 1 saturated heterocycles. The molecular weight excluding hydrogens is 314 g/mol. The molecule has 2 aliphatic rings. The molecule has 5 heteroatoms. The minimum atomic E-state index is 0.0706. The molecule has 1 unspecified atom stereocenters. The van der Waals surface area contributed by atoms with Gasteiger partial charge in [-0.3, -0.25) is 4.79 Å². The number of amides is 1. The van der Waals surface area contributed by atoms with Gasteiger partial charge in [0.15, 0.2) is 0 Å². The van der Waals surface area contributed by atoms with E-state index in [0.717, 1.165) is 41.8 Å². The second-order valence-corrected chi connectivity index (χ2v) is 7.00. The lowest BCUT2D eigenvalue weighted by Gasteiger charge is -2.52. The van der Waals surface area contributed by atoms with Crippen LogP contribution in [0, 0.1) is 5.41 Å². The molecule has 1 amide bonds. The van der Waals surface area contributed by atoms with Gasteiger partial charge in [0.1, 0.15) is 0 Å². The van der Waals surface area contributed by atoms with E-state index in [1.807, 2.05) is 11.4 Å². The van der Waals surface area contributed by atoms with Gasteiger partial charge in [0, 0.05) is 29.1 Å². The van der Waals surface area contributed by atoms with E-state index in [0.29, 0.717) is 11.5 Å². The molecule has 1 aliphatic carbocycles. The van der Waals surface area contributed by atoms with E-state index < -0.39 is 0 Å². The highest BCUT2D eigenvalue weighted by atomic mass is 79.9. The second-order valence-electron chi connectivity index (χ2n) is 5.17. The summed E-state index contributed by atoms with van der Waals surface area (Å²) >= 11 is 4.87. The summed E-state index contributed by atoms with van der Waals surface area (Å²) < 4.78 is 6.40. The van der Waals surface area contributed by atoms with Gasteiger partial charge in [0.2, 0.25) is 0 Å². The van der Waals surface area contributed by atoms with Gasteiger partial charge in [-0.25, -0.2) is 0 Å². The third-order valence-electron chi connectivity index (χ3n) is 4.26. The van der Waals surface area contributed by atoms with Gasteiger partial charge in [-0.2, -0.15) is 0 Å². The minimum absolute atomic E-state index is 0.0706. The van der Waals surface area contributed by atoms with Crippen LogP contribution in [0.25, 0.3) is 0 Å². The minimum Gasteiger partial charge on any atom is -0.381 e. The SMILES string of the molecule is O=C(NC1CCC12CCOCC2)c1cc(Br)cs1. The molecule has 2 heterocycles. The lowest BCUT2D eigenvalue weighted by molar-refractivity contribution is -0.0522. The van der Waals surface area contributed by atoms with Crippen LogP contribution in [0.2, 0.25) is 0 Å². The highest BCUT2D eigenvalue weighted by Crippen LogP contribution is 2.48. The number of carbonyl (C=O) groups is 1. The zero-order valence-electron chi connectivity index (χ0n) is 10.1. The first-order valence-corrected chi connectivity index (χ1v) is 8.00. The van der Waals surface area contributed by atoms with Crippen LogP contribution in [0.3, 0.4) is 0 Å². The van der Waals surface area contributed by atoms with Crippen LogP contribution >= 0.6 is 27.3 Å². The van der Waals surface area contributed by atoms with Crippen molar-refractivity contribution in [3.8, 4) is 0 Å². The van der Waals surface area contributed by atoms with Gasteiger partial charge in [-0.15, -0.1) is 11.3 Å². The van der Waals surface area contributed by atoms with Gasteiger partial charge in [0.05, 0.1) is 4.88 Å². The molecule has 1 aliphatic heterocycles. The quantitative estimate of drug-likeness (QED) is 0.904. The highest BCUT2D eigenvalue weighted by Gasteiger charge is 2.48. The Labute approximate surface area is 119 Å². The van der Waals surface area contributed by atoms with Crippen LogP contribution in [0.5, 0.6) is 0 Å². The monoisotopic (exact) mass is 329 g/mol. The molecule has 0 bridgehead atoms. The van der Waals surface area contributed by atoms with Gasteiger partial charge in [-0.1, -0.05) is 0 Å². The number of ether oxygens (including phenoxy) is 1. The number of carbonyl (C=O) groups excluding carboxylic acids is 1. The standard InChI is InChI=1S/C13H16BrNO2S/c14-9-7-10(18-8-9)12(16)15-11-1-2-13(11)3-5-17-6-4-13/h7-8,11H,1-6H2,(H,15,16). The normalized spacial score (nSPS) is 25.7. The van der Waals surface area contributed by atoms with Crippen molar-refractivity contribution in [3.05, 3.63) is 20.8 Å². The Balaban J connectivity index is 1.64. The van der Waals surface area contributed by atoms with Crippen molar-refractivity contribution >= 4 is 33.2 Å². The average Bonchev–Trinajstić information content (AvgIpc) is 2.82. The predicted octanol–water partition coefficient (Wildman–Crippen LogP) is 3.20.